The molecule has 6 nitrogen and oxygen atoms in total. The normalized spacial score (nSPS) is 15.5. The average Bonchev–Trinajstić information content (AvgIpc) is 3.26. The Balaban J connectivity index is 0.000000505. The Labute approximate surface area is 142 Å². The summed E-state index contributed by atoms with van der Waals surface area (Å²) in [4.78, 5) is 20.4. The lowest BCUT2D eigenvalue weighted by atomic mass is 10.3. The third kappa shape index (κ3) is 8.22. The van der Waals surface area contributed by atoms with Crippen LogP contribution in [0.4, 0.5) is 0 Å². The zero-order valence-corrected chi connectivity index (χ0v) is 13.7. The molecule has 1 N–H and O–H groups in total. The molecule has 2 aliphatic carbocycles. The van der Waals surface area contributed by atoms with Crippen molar-refractivity contribution < 1.29 is 28.9 Å². The highest BCUT2D eigenvalue weighted by Crippen LogP contribution is 2.24. The summed E-state index contributed by atoms with van der Waals surface area (Å²) in [6.45, 7) is 6.41. The molecule has 0 saturated carbocycles. The molecule has 6 heteroatoms. The van der Waals surface area contributed by atoms with Gasteiger partial charge in [0.2, 0.25) is 0 Å². The first-order valence-corrected chi connectivity index (χ1v) is 7.91. The van der Waals surface area contributed by atoms with Gasteiger partial charge in [-0.15, -0.1) is 0 Å². The van der Waals surface area contributed by atoms with E-state index in [0.29, 0.717) is 0 Å². The minimum atomic E-state index is -0.981. The van der Waals surface area contributed by atoms with E-state index < -0.39 is 18.2 Å². The van der Waals surface area contributed by atoms with Crippen molar-refractivity contribution in [3.8, 4) is 0 Å². The smallest absolute Gasteiger partial charge is 0.330 e. The van der Waals surface area contributed by atoms with Crippen LogP contribution in [0.3, 0.4) is 0 Å². The van der Waals surface area contributed by atoms with E-state index in [4.69, 9.17) is 19.3 Å². The van der Waals surface area contributed by atoms with E-state index in [-0.39, 0.29) is 6.61 Å². The quantitative estimate of drug-likeness (QED) is 0.415. The van der Waals surface area contributed by atoms with Crippen molar-refractivity contribution in [3.63, 3.8) is 0 Å². The maximum Gasteiger partial charge on any atom is 0.330 e. The molecule has 24 heavy (non-hydrogen) atoms. The van der Waals surface area contributed by atoms with Crippen LogP contribution < -0.4 is 0 Å². The molecule has 132 valence electrons. The molecular weight excluding hydrogens is 312 g/mol. The van der Waals surface area contributed by atoms with Crippen molar-refractivity contribution in [3.05, 3.63) is 49.0 Å². The third-order valence-corrected chi connectivity index (χ3v) is 3.27. The van der Waals surface area contributed by atoms with Crippen molar-refractivity contribution in [2.45, 2.75) is 44.8 Å². The van der Waals surface area contributed by atoms with Crippen LogP contribution in [0.1, 0.15) is 38.5 Å². The highest BCUT2D eigenvalue weighted by Gasteiger charge is 2.19. The molecule has 0 amide bonds. The third-order valence-electron chi connectivity index (χ3n) is 3.27. The second-order valence-electron chi connectivity index (χ2n) is 5.17. The van der Waals surface area contributed by atoms with Gasteiger partial charge in [-0.05, 0) is 37.8 Å². The molecule has 0 unspecified atom stereocenters. The average molecular weight is 336 g/mol. The van der Waals surface area contributed by atoms with Gasteiger partial charge in [-0.2, -0.15) is 0 Å². The maximum absolute atomic E-state index is 11.1. The molecule has 0 aromatic rings. The topological polar surface area (TPSA) is 82.1 Å². The monoisotopic (exact) mass is 336 g/mol. The lowest BCUT2D eigenvalue weighted by Crippen LogP contribution is -2.24. The van der Waals surface area contributed by atoms with Crippen LogP contribution in [0.15, 0.2) is 49.0 Å². The van der Waals surface area contributed by atoms with Crippen LogP contribution in [-0.4, -0.2) is 29.9 Å². The van der Waals surface area contributed by atoms with Gasteiger partial charge >= 0.3 is 11.9 Å². The zero-order valence-electron chi connectivity index (χ0n) is 13.7. The van der Waals surface area contributed by atoms with E-state index in [0.717, 1.165) is 62.2 Å². The highest BCUT2D eigenvalue weighted by atomic mass is 16.7. The predicted octanol–water partition coefficient (Wildman–Crippen LogP) is 3.47. The SMILES string of the molecule is C=CC(=O)O.C=CC(=O)OCC(OC1=CCCC1)OC1=CCCC1. The van der Waals surface area contributed by atoms with Gasteiger partial charge in [0.1, 0.15) is 0 Å². The Morgan fingerprint density at radius 2 is 1.58 bits per heavy atom. The van der Waals surface area contributed by atoms with E-state index in [1.807, 2.05) is 0 Å². The predicted molar refractivity (Wildman–Crippen MR) is 88.8 cm³/mol. The van der Waals surface area contributed by atoms with Crippen molar-refractivity contribution in [1.29, 1.82) is 0 Å². The maximum atomic E-state index is 11.1. The highest BCUT2D eigenvalue weighted by molar-refractivity contribution is 5.81. The molecule has 0 aromatic carbocycles. The molecular formula is C18H24O6. The summed E-state index contributed by atoms with van der Waals surface area (Å²) in [5, 5.41) is 7.60. The summed E-state index contributed by atoms with van der Waals surface area (Å²) in [6.07, 6.45) is 11.7. The first-order chi connectivity index (χ1) is 11.5. The van der Waals surface area contributed by atoms with E-state index in [9.17, 15) is 9.59 Å². The molecule has 0 aromatic heterocycles. The fourth-order valence-electron chi connectivity index (χ4n) is 2.14. The zero-order chi connectivity index (χ0) is 17.8. The Kier molecular flexibility index (Phi) is 9.04. The number of aliphatic carboxylic acids is 1. The van der Waals surface area contributed by atoms with Crippen LogP contribution in [0.5, 0.6) is 0 Å². The molecule has 0 aliphatic heterocycles. The Bertz CT molecular complexity index is 492. The number of carboxylic acids is 1. The van der Waals surface area contributed by atoms with E-state index in [2.05, 4.69) is 25.3 Å². The summed E-state index contributed by atoms with van der Waals surface area (Å²) in [5.74, 6) is 0.416. The van der Waals surface area contributed by atoms with Crippen molar-refractivity contribution in [2.24, 2.45) is 0 Å². The summed E-state index contributed by atoms with van der Waals surface area (Å²) in [6, 6.07) is 0. The minimum Gasteiger partial charge on any atom is -0.478 e. The van der Waals surface area contributed by atoms with Gasteiger partial charge in [-0.3, -0.25) is 0 Å². The molecule has 0 saturated heterocycles. The Morgan fingerprint density at radius 3 is 1.92 bits per heavy atom. The molecule has 0 bridgehead atoms. The number of carbonyl (C=O) groups excluding carboxylic acids is 1. The van der Waals surface area contributed by atoms with Crippen LogP contribution in [-0.2, 0) is 23.8 Å². The number of carboxylic acid groups (broad SMARTS) is 1. The summed E-state index contributed by atoms with van der Waals surface area (Å²) < 4.78 is 16.5. The van der Waals surface area contributed by atoms with Gasteiger partial charge in [0.25, 0.3) is 6.29 Å². The second kappa shape index (κ2) is 11.1. The molecule has 0 heterocycles. The number of hydrogen-bond donors (Lipinski definition) is 1. The van der Waals surface area contributed by atoms with Gasteiger partial charge in [0, 0.05) is 25.0 Å². The lowest BCUT2D eigenvalue weighted by molar-refractivity contribution is -0.158. The van der Waals surface area contributed by atoms with Crippen LogP contribution in [0.2, 0.25) is 0 Å². The van der Waals surface area contributed by atoms with Crippen molar-refractivity contribution >= 4 is 11.9 Å². The van der Waals surface area contributed by atoms with Gasteiger partial charge in [-0.1, -0.05) is 13.2 Å². The number of hydrogen-bond acceptors (Lipinski definition) is 5. The number of ether oxygens (including phenoxy) is 3. The number of rotatable bonds is 8. The minimum absolute atomic E-state index is 0.0829. The van der Waals surface area contributed by atoms with Crippen molar-refractivity contribution in [1.82, 2.24) is 0 Å². The lowest BCUT2D eigenvalue weighted by Gasteiger charge is -2.21. The fourth-order valence-corrected chi connectivity index (χ4v) is 2.14. The van der Waals surface area contributed by atoms with Gasteiger partial charge < -0.3 is 19.3 Å². The molecule has 0 spiro atoms. The number of carbonyl (C=O) groups is 2. The summed E-state index contributed by atoms with van der Waals surface area (Å²) >= 11 is 0. The molecule has 0 radical (unpaired) electrons. The first-order valence-electron chi connectivity index (χ1n) is 7.91. The summed E-state index contributed by atoms with van der Waals surface area (Å²) in [7, 11) is 0. The van der Waals surface area contributed by atoms with E-state index in [1.165, 1.54) is 0 Å². The van der Waals surface area contributed by atoms with E-state index in [1.54, 1.807) is 0 Å². The molecule has 2 aliphatic rings. The number of allylic oxidation sites excluding steroid dienone is 4. The number of esters is 1. The first kappa shape index (κ1) is 19.5. The Hall–Kier alpha value is -2.50. The largest absolute Gasteiger partial charge is 0.478 e. The molecule has 2 rings (SSSR count). The van der Waals surface area contributed by atoms with Crippen LogP contribution >= 0.6 is 0 Å². The molecule has 0 atom stereocenters. The van der Waals surface area contributed by atoms with Gasteiger partial charge in [0.15, 0.2) is 6.61 Å². The van der Waals surface area contributed by atoms with Gasteiger partial charge in [0.05, 0.1) is 11.5 Å². The fraction of sp³-hybridized carbons (Fsp3) is 0.444. The van der Waals surface area contributed by atoms with Crippen molar-refractivity contribution in [2.75, 3.05) is 6.61 Å². The molecule has 0 fully saturated rings. The van der Waals surface area contributed by atoms with Gasteiger partial charge in [-0.25, -0.2) is 9.59 Å². The second-order valence-corrected chi connectivity index (χ2v) is 5.17. The summed E-state index contributed by atoms with van der Waals surface area (Å²) in [5.41, 5.74) is 0. The Morgan fingerprint density at radius 1 is 1.08 bits per heavy atom. The van der Waals surface area contributed by atoms with Crippen LogP contribution in [0.25, 0.3) is 0 Å². The standard InChI is InChI=1S/C15H20O4.C3H4O2/c1-2-14(16)17-11-15(18-12-7-3-4-8-12)19-13-9-5-6-10-13;1-2-3(4)5/h2,7,9,15H,1,3-6,8,10-11H2;2H,1H2,(H,4,5). The van der Waals surface area contributed by atoms with Crippen LogP contribution in [0, 0.1) is 0 Å². The van der Waals surface area contributed by atoms with E-state index >= 15 is 0 Å².